The molecule has 0 aromatic heterocycles. The Morgan fingerprint density at radius 2 is 1.59 bits per heavy atom. The maximum atomic E-state index is 11.6. The molecule has 0 aliphatic heterocycles. The fourth-order valence-electron chi connectivity index (χ4n) is 5.16. The summed E-state index contributed by atoms with van der Waals surface area (Å²) in [7, 11) is 0. The molecule has 4 aromatic carbocycles. The van der Waals surface area contributed by atoms with Crippen LogP contribution >= 0.6 is 0 Å². The molecule has 0 radical (unpaired) electrons. The predicted octanol–water partition coefficient (Wildman–Crippen LogP) is 6.87. The number of benzene rings is 4. The molecule has 0 bridgehead atoms. The minimum atomic E-state index is -0.921. The van der Waals surface area contributed by atoms with E-state index in [1.54, 1.807) is 6.07 Å². The van der Waals surface area contributed by atoms with Crippen LogP contribution in [0.25, 0.3) is 21.9 Å². The number of nitrogens with one attached hydrogen (secondary N) is 1. The zero-order chi connectivity index (χ0) is 28.2. The molecule has 0 fully saturated rings. The van der Waals surface area contributed by atoms with E-state index in [-0.39, 0.29) is 18.2 Å². The van der Waals surface area contributed by atoms with Crippen molar-refractivity contribution in [2.75, 3.05) is 13.2 Å². The van der Waals surface area contributed by atoms with Crippen LogP contribution in [0.5, 0.6) is 0 Å². The number of rotatable bonds is 11. The summed E-state index contributed by atoms with van der Waals surface area (Å²) < 4.78 is 6.13. The Balaban J connectivity index is 1.36. The third kappa shape index (κ3) is 6.93. The summed E-state index contributed by atoms with van der Waals surface area (Å²) in [5.41, 5.74) is 6.07. The minimum absolute atomic E-state index is 0.195. The topological polar surface area (TPSA) is 78.8 Å². The molecule has 0 aliphatic carbocycles. The van der Waals surface area contributed by atoms with Crippen LogP contribution in [0.15, 0.2) is 78.9 Å². The maximum Gasteiger partial charge on any atom is 0.335 e. The number of carbonyl (C=O) groups is 1. The monoisotopic (exact) mass is 525 g/mol. The highest BCUT2D eigenvalue weighted by Gasteiger charge is 2.21. The Labute approximate surface area is 231 Å². The van der Waals surface area contributed by atoms with Crippen LogP contribution in [0.1, 0.15) is 59.5 Å². The van der Waals surface area contributed by atoms with E-state index in [0.717, 1.165) is 34.2 Å². The summed E-state index contributed by atoms with van der Waals surface area (Å²) in [6.45, 7) is 10.7. The first-order valence-corrected chi connectivity index (χ1v) is 13.5. The lowest BCUT2D eigenvalue weighted by Crippen LogP contribution is -2.46. The highest BCUT2D eigenvalue weighted by Crippen LogP contribution is 2.34. The average Bonchev–Trinajstić information content (AvgIpc) is 2.91. The number of hydrogen-bond acceptors (Lipinski definition) is 4. The van der Waals surface area contributed by atoms with Crippen molar-refractivity contribution in [3.8, 4) is 11.1 Å². The molecule has 4 rings (SSSR count). The number of aliphatic hydroxyl groups is 1. The van der Waals surface area contributed by atoms with Crippen molar-refractivity contribution in [1.82, 2.24) is 5.32 Å². The summed E-state index contributed by atoms with van der Waals surface area (Å²) in [6.07, 6.45) is -0.0659. The van der Waals surface area contributed by atoms with Gasteiger partial charge in [0.05, 0.1) is 24.4 Å². The Morgan fingerprint density at radius 3 is 2.33 bits per heavy atom. The third-order valence-corrected chi connectivity index (χ3v) is 7.52. The summed E-state index contributed by atoms with van der Waals surface area (Å²) in [4.78, 5) is 11.6. The van der Waals surface area contributed by atoms with Crippen LogP contribution in [0.4, 0.5) is 0 Å². The second-order valence-electron chi connectivity index (χ2n) is 11.1. The lowest BCUT2D eigenvalue weighted by atomic mass is 9.90. The van der Waals surface area contributed by atoms with E-state index >= 15 is 0 Å². The lowest BCUT2D eigenvalue weighted by molar-refractivity contribution is -0.00397. The molecule has 3 N–H and O–H groups in total. The fourth-order valence-corrected chi connectivity index (χ4v) is 5.16. The highest BCUT2D eigenvalue weighted by molar-refractivity contribution is 5.91. The van der Waals surface area contributed by atoms with E-state index in [4.69, 9.17) is 4.74 Å². The van der Waals surface area contributed by atoms with Gasteiger partial charge in [-0.05, 0) is 91.3 Å². The molecule has 0 saturated heterocycles. The van der Waals surface area contributed by atoms with Gasteiger partial charge in [-0.25, -0.2) is 4.79 Å². The predicted molar refractivity (Wildman–Crippen MR) is 158 cm³/mol. The van der Waals surface area contributed by atoms with Crippen LogP contribution in [-0.2, 0) is 11.2 Å². The Bertz CT molecular complexity index is 1460. The summed E-state index contributed by atoms with van der Waals surface area (Å²) in [5.74, 6) is -0.921. The molecule has 39 heavy (non-hydrogen) atoms. The van der Waals surface area contributed by atoms with E-state index in [9.17, 15) is 15.0 Å². The molecule has 2 atom stereocenters. The highest BCUT2D eigenvalue weighted by atomic mass is 16.5. The van der Waals surface area contributed by atoms with E-state index in [1.807, 2.05) is 51.1 Å². The molecule has 0 saturated carbocycles. The number of aliphatic hydroxyl groups excluding tert-OH is 1. The van der Waals surface area contributed by atoms with Crippen LogP contribution in [0, 0.1) is 13.8 Å². The Morgan fingerprint density at radius 1 is 0.897 bits per heavy atom. The van der Waals surface area contributed by atoms with Gasteiger partial charge < -0.3 is 20.3 Å². The second kappa shape index (κ2) is 12.1. The van der Waals surface area contributed by atoms with Gasteiger partial charge in [-0.1, -0.05) is 72.8 Å². The van der Waals surface area contributed by atoms with Crippen molar-refractivity contribution in [2.24, 2.45) is 0 Å². The van der Waals surface area contributed by atoms with Crippen molar-refractivity contribution < 1.29 is 19.7 Å². The molecular formula is C34H39NO4. The molecule has 5 heteroatoms. The van der Waals surface area contributed by atoms with Gasteiger partial charge in [-0.2, -0.15) is 0 Å². The van der Waals surface area contributed by atoms with Gasteiger partial charge in [0.25, 0.3) is 0 Å². The largest absolute Gasteiger partial charge is 0.478 e. The first-order valence-electron chi connectivity index (χ1n) is 13.5. The molecule has 0 aliphatic rings. The summed E-state index contributed by atoms with van der Waals surface area (Å²) >= 11 is 0. The normalized spacial score (nSPS) is 13.4. The molecule has 0 heterocycles. The smallest absolute Gasteiger partial charge is 0.335 e. The van der Waals surface area contributed by atoms with Gasteiger partial charge in [0.15, 0.2) is 0 Å². The van der Waals surface area contributed by atoms with Crippen LogP contribution < -0.4 is 5.32 Å². The molecule has 4 aromatic rings. The van der Waals surface area contributed by atoms with E-state index < -0.39 is 12.1 Å². The van der Waals surface area contributed by atoms with Crippen LogP contribution in [0.3, 0.4) is 0 Å². The minimum Gasteiger partial charge on any atom is -0.478 e. The van der Waals surface area contributed by atoms with Crippen LogP contribution in [-0.4, -0.2) is 41.0 Å². The zero-order valence-electron chi connectivity index (χ0n) is 23.5. The first kappa shape index (κ1) is 28.5. The van der Waals surface area contributed by atoms with Crippen LogP contribution in [0.2, 0.25) is 0 Å². The second-order valence-corrected chi connectivity index (χ2v) is 11.1. The number of carboxylic acids is 1. The van der Waals surface area contributed by atoms with Crippen molar-refractivity contribution >= 4 is 16.7 Å². The lowest BCUT2D eigenvalue weighted by Gasteiger charge is -2.28. The molecule has 2 unspecified atom stereocenters. The van der Waals surface area contributed by atoms with Gasteiger partial charge in [-0.3, -0.25) is 0 Å². The van der Waals surface area contributed by atoms with Crippen molar-refractivity contribution in [2.45, 2.75) is 58.8 Å². The van der Waals surface area contributed by atoms with Gasteiger partial charge in [0.1, 0.15) is 0 Å². The number of fused-ring (bicyclic) bond motifs is 1. The molecular weight excluding hydrogens is 486 g/mol. The number of β-amino-alcohol motifs (C(OH)–C–C–N with tert-alkyl or cyclic N) is 1. The molecule has 5 nitrogen and oxygen atoms in total. The average molecular weight is 526 g/mol. The number of aromatic carboxylic acids is 1. The Hall–Kier alpha value is -3.51. The van der Waals surface area contributed by atoms with Gasteiger partial charge in [-0.15, -0.1) is 0 Å². The van der Waals surface area contributed by atoms with Crippen molar-refractivity contribution in [3.63, 3.8) is 0 Å². The summed E-state index contributed by atoms with van der Waals surface area (Å²) in [5, 5.41) is 26.2. The Kier molecular flexibility index (Phi) is 8.86. The van der Waals surface area contributed by atoms with E-state index in [1.165, 1.54) is 16.3 Å². The quantitative estimate of drug-likeness (QED) is 0.199. The fraction of sp³-hybridized carbons (Fsp3) is 0.324. The van der Waals surface area contributed by atoms with Gasteiger partial charge >= 0.3 is 5.97 Å². The number of hydrogen-bond donors (Lipinski definition) is 3. The van der Waals surface area contributed by atoms with Gasteiger partial charge in [0, 0.05) is 12.1 Å². The number of ether oxygens (including phenoxy) is 1. The SMILES string of the molecule is Cc1c(C(=O)O)ccc(-c2ccccc2C(C)OCC(O)CNC(C)(C)Cc2ccc3ccccc3c2)c1C. The van der Waals surface area contributed by atoms with E-state index in [0.29, 0.717) is 12.1 Å². The summed E-state index contributed by atoms with van der Waals surface area (Å²) in [6, 6.07) is 26.5. The third-order valence-electron chi connectivity index (χ3n) is 7.52. The number of carboxylic acid groups (broad SMARTS) is 1. The first-order chi connectivity index (χ1) is 18.6. The molecule has 204 valence electrons. The maximum absolute atomic E-state index is 11.6. The van der Waals surface area contributed by atoms with Gasteiger partial charge in [0.2, 0.25) is 0 Å². The molecule has 0 amide bonds. The van der Waals surface area contributed by atoms with Crippen molar-refractivity contribution in [1.29, 1.82) is 0 Å². The van der Waals surface area contributed by atoms with E-state index in [2.05, 4.69) is 61.6 Å². The standard InChI is InChI=1S/C34H39NO4/c1-22-23(2)30(33(37)38)17-16-29(22)32-13-9-8-12-31(32)24(3)39-21-28(36)20-35-34(4,5)19-25-14-15-26-10-6-7-11-27(26)18-25/h6-18,24,28,35-36H,19-21H2,1-5H3,(H,37,38). The zero-order valence-corrected chi connectivity index (χ0v) is 23.5. The van der Waals surface area contributed by atoms with Crippen molar-refractivity contribution in [3.05, 3.63) is 107 Å². The molecule has 0 spiro atoms.